The van der Waals surface area contributed by atoms with Crippen molar-refractivity contribution < 1.29 is 14.3 Å². The maximum absolute atomic E-state index is 11.5. The van der Waals surface area contributed by atoms with Gasteiger partial charge >= 0.3 is 0 Å². The van der Waals surface area contributed by atoms with E-state index in [1.54, 1.807) is 13.2 Å². The monoisotopic (exact) mass is 303 g/mol. The standard InChI is InChI=1S/C16H21N3O3/c1-21-14-7-6-11(8-12(10-17)16(20)19-18)9-15(14)22-13-4-2-3-5-13/h6-7,9,12-13H,2-5,8,18H2,1H3,(H,19,20). The van der Waals surface area contributed by atoms with Crippen LogP contribution in [0.3, 0.4) is 0 Å². The lowest BCUT2D eigenvalue weighted by Crippen LogP contribution is -2.36. The van der Waals surface area contributed by atoms with Gasteiger partial charge in [0.15, 0.2) is 11.5 Å². The van der Waals surface area contributed by atoms with Crippen molar-refractivity contribution in [3.8, 4) is 17.6 Å². The summed E-state index contributed by atoms with van der Waals surface area (Å²) in [5.74, 6) is 5.10. The molecule has 0 heterocycles. The topological polar surface area (TPSA) is 97.4 Å². The molecule has 1 aliphatic carbocycles. The first-order chi connectivity index (χ1) is 10.7. The van der Waals surface area contributed by atoms with E-state index in [1.807, 2.05) is 23.6 Å². The molecule has 0 bridgehead atoms. The van der Waals surface area contributed by atoms with Crippen LogP contribution in [-0.4, -0.2) is 19.1 Å². The Morgan fingerprint density at radius 2 is 2.18 bits per heavy atom. The summed E-state index contributed by atoms with van der Waals surface area (Å²) in [6, 6.07) is 7.42. The van der Waals surface area contributed by atoms with E-state index in [0.29, 0.717) is 11.5 Å². The number of amides is 1. The number of rotatable bonds is 6. The molecule has 0 spiro atoms. The van der Waals surface area contributed by atoms with Crippen molar-refractivity contribution in [1.82, 2.24) is 5.43 Å². The highest BCUT2D eigenvalue weighted by atomic mass is 16.5. The third kappa shape index (κ3) is 3.89. The summed E-state index contributed by atoms with van der Waals surface area (Å²) in [4.78, 5) is 11.5. The number of methoxy groups -OCH3 is 1. The van der Waals surface area contributed by atoms with Crippen molar-refractivity contribution in [1.29, 1.82) is 5.26 Å². The number of carbonyl (C=O) groups is 1. The van der Waals surface area contributed by atoms with Crippen LogP contribution in [0.2, 0.25) is 0 Å². The Bertz CT molecular complexity index is 562. The van der Waals surface area contributed by atoms with Crippen molar-refractivity contribution in [3.05, 3.63) is 23.8 Å². The zero-order chi connectivity index (χ0) is 15.9. The molecule has 0 saturated heterocycles. The van der Waals surface area contributed by atoms with E-state index in [9.17, 15) is 4.79 Å². The van der Waals surface area contributed by atoms with Gasteiger partial charge in [-0.25, -0.2) is 5.84 Å². The molecule has 1 aromatic carbocycles. The third-order valence-corrected chi connectivity index (χ3v) is 3.88. The van der Waals surface area contributed by atoms with Gasteiger partial charge in [0.2, 0.25) is 0 Å². The van der Waals surface area contributed by atoms with Gasteiger partial charge in [-0.05, 0) is 49.8 Å². The van der Waals surface area contributed by atoms with Crippen LogP contribution in [0.4, 0.5) is 0 Å². The summed E-state index contributed by atoms with van der Waals surface area (Å²) < 4.78 is 11.3. The zero-order valence-corrected chi connectivity index (χ0v) is 12.7. The van der Waals surface area contributed by atoms with Gasteiger partial charge in [0.25, 0.3) is 5.91 Å². The van der Waals surface area contributed by atoms with Gasteiger partial charge in [-0.3, -0.25) is 10.2 Å². The quantitative estimate of drug-likeness (QED) is 0.473. The van der Waals surface area contributed by atoms with E-state index in [-0.39, 0.29) is 12.5 Å². The molecule has 1 aliphatic rings. The lowest BCUT2D eigenvalue weighted by atomic mass is 9.99. The smallest absolute Gasteiger partial charge is 0.251 e. The first-order valence-corrected chi connectivity index (χ1v) is 7.41. The molecule has 6 heteroatoms. The highest BCUT2D eigenvalue weighted by Crippen LogP contribution is 2.33. The molecule has 22 heavy (non-hydrogen) atoms. The minimum atomic E-state index is -0.822. The SMILES string of the molecule is COc1ccc(CC(C#N)C(=O)NN)cc1OC1CCCC1. The predicted octanol–water partition coefficient (Wildman–Crippen LogP) is 1.69. The van der Waals surface area contributed by atoms with Crippen LogP contribution in [0.1, 0.15) is 31.2 Å². The number of hydrogen-bond acceptors (Lipinski definition) is 5. The maximum Gasteiger partial charge on any atom is 0.251 e. The first-order valence-electron chi connectivity index (χ1n) is 7.41. The molecule has 2 rings (SSSR count). The van der Waals surface area contributed by atoms with Crippen LogP contribution < -0.4 is 20.7 Å². The van der Waals surface area contributed by atoms with E-state index in [1.165, 1.54) is 12.8 Å². The highest BCUT2D eigenvalue weighted by molar-refractivity contribution is 5.80. The summed E-state index contributed by atoms with van der Waals surface area (Å²) >= 11 is 0. The van der Waals surface area contributed by atoms with Crippen LogP contribution in [0.15, 0.2) is 18.2 Å². The van der Waals surface area contributed by atoms with Crippen molar-refractivity contribution in [2.45, 2.75) is 38.2 Å². The summed E-state index contributed by atoms with van der Waals surface area (Å²) in [5, 5.41) is 9.07. The van der Waals surface area contributed by atoms with Crippen LogP contribution >= 0.6 is 0 Å². The number of nitrogens with two attached hydrogens (primary N) is 1. The predicted molar refractivity (Wildman–Crippen MR) is 81.0 cm³/mol. The normalized spacial score (nSPS) is 15.9. The minimum Gasteiger partial charge on any atom is -0.493 e. The Kier molecular flexibility index (Phi) is 5.61. The van der Waals surface area contributed by atoms with E-state index in [0.717, 1.165) is 18.4 Å². The maximum atomic E-state index is 11.5. The zero-order valence-electron chi connectivity index (χ0n) is 12.7. The molecule has 0 aliphatic heterocycles. The van der Waals surface area contributed by atoms with Crippen LogP contribution in [-0.2, 0) is 11.2 Å². The second kappa shape index (κ2) is 7.66. The Balaban J connectivity index is 2.15. The molecule has 6 nitrogen and oxygen atoms in total. The van der Waals surface area contributed by atoms with Crippen molar-refractivity contribution in [2.75, 3.05) is 7.11 Å². The van der Waals surface area contributed by atoms with E-state index in [2.05, 4.69) is 0 Å². The third-order valence-electron chi connectivity index (χ3n) is 3.88. The Hall–Kier alpha value is -2.26. The average molecular weight is 303 g/mol. The molecule has 3 N–H and O–H groups in total. The second-order valence-electron chi connectivity index (χ2n) is 5.40. The molecule has 1 unspecified atom stereocenters. The number of ether oxygens (including phenoxy) is 2. The number of carbonyl (C=O) groups excluding carboxylic acids is 1. The molecule has 0 aromatic heterocycles. The van der Waals surface area contributed by atoms with Gasteiger partial charge in [-0.2, -0.15) is 5.26 Å². The summed E-state index contributed by atoms with van der Waals surface area (Å²) in [6.07, 6.45) is 4.95. The van der Waals surface area contributed by atoms with Gasteiger partial charge in [0, 0.05) is 0 Å². The van der Waals surface area contributed by atoms with Gasteiger partial charge in [0.05, 0.1) is 19.3 Å². The molecule has 118 valence electrons. The number of benzene rings is 1. The highest BCUT2D eigenvalue weighted by Gasteiger charge is 2.21. The number of nitrogens with one attached hydrogen (secondary N) is 1. The fraction of sp³-hybridized carbons (Fsp3) is 0.500. The second-order valence-corrected chi connectivity index (χ2v) is 5.40. The molecule has 1 fully saturated rings. The Labute approximate surface area is 130 Å². The first kappa shape index (κ1) is 16.1. The van der Waals surface area contributed by atoms with Crippen LogP contribution in [0, 0.1) is 17.2 Å². The summed E-state index contributed by atoms with van der Waals surface area (Å²) in [6.45, 7) is 0. The molecular weight excluding hydrogens is 282 g/mol. The largest absolute Gasteiger partial charge is 0.493 e. The minimum absolute atomic E-state index is 0.211. The lowest BCUT2D eigenvalue weighted by Gasteiger charge is -2.17. The number of hydrogen-bond donors (Lipinski definition) is 2. The van der Waals surface area contributed by atoms with Gasteiger partial charge in [-0.1, -0.05) is 6.07 Å². The van der Waals surface area contributed by atoms with Gasteiger partial charge < -0.3 is 9.47 Å². The lowest BCUT2D eigenvalue weighted by molar-refractivity contribution is -0.123. The van der Waals surface area contributed by atoms with Crippen LogP contribution in [0.5, 0.6) is 11.5 Å². The van der Waals surface area contributed by atoms with Crippen molar-refractivity contribution in [2.24, 2.45) is 11.8 Å². The molecule has 0 radical (unpaired) electrons. The number of nitriles is 1. The van der Waals surface area contributed by atoms with E-state index >= 15 is 0 Å². The number of hydrazine groups is 1. The Morgan fingerprint density at radius 1 is 1.45 bits per heavy atom. The molecule has 1 aromatic rings. The van der Waals surface area contributed by atoms with E-state index < -0.39 is 11.8 Å². The molecule has 1 atom stereocenters. The van der Waals surface area contributed by atoms with Gasteiger partial charge in [0.1, 0.15) is 5.92 Å². The molecule has 1 saturated carbocycles. The fourth-order valence-electron chi connectivity index (χ4n) is 2.66. The molecular formula is C16H21N3O3. The number of nitrogens with zero attached hydrogens (tertiary/aromatic N) is 1. The molecule has 1 amide bonds. The summed E-state index contributed by atoms with van der Waals surface area (Å²) in [5.41, 5.74) is 2.85. The van der Waals surface area contributed by atoms with Gasteiger partial charge in [-0.15, -0.1) is 0 Å². The van der Waals surface area contributed by atoms with Crippen molar-refractivity contribution >= 4 is 5.91 Å². The van der Waals surface area contributed by atoms with Crippen molar-refractivity contribution in [3.63, 3.8) is 0 Å². The van der Waals surface area contributed by atoms with E-state index in [4.69, 9.17) is 20.6 Å². The summed E-state index contributed by atoms with van der Waals surface area (Å²) in [7, 11) is 1.59. The van der Waals surface area contributed by atoms with Crippen LogP contribution in [0.25, 0.3) is 0 Å². The fourth-order valence-corrected chi connectivity index (χ4v) is 2.66. The Morgan fingerprint density at radius 3 is 2.77 bits per heavy atom. The average Bonchev–Trinajstić information content (AvgIpc) is 3.05.